The molecule has 0 spiro atoms. The standard InChI is InChI=1S/C19H25ClN4O4S/c1-22-13-17(18(25)23(2)19(22)26)29(27,28)21-11-14-7-9-24(10-8-14)12-15-5-3-4-6-16(15)20/h3-6,13-14,21H,7-12H2,1-2H3. The van der Waals surface area contributed by atoms with Gasteiger partial charge in [-0.05, 0) is 43.5 Å². The second-order valence-electron chi connectivity index (χ2n) is 7.41. The molecule has 8 nitrogen and oxygen atoms in total. The third kappa shape index (κ3) is 4.98. The summed E-state index contributed by atoms with van der Waals surface area (Å²) in [4.78, 5) is 25.8. The van der Waals surface area contributed by atoms with Crippen LogP contribution in [-0.2, 0) is 30.7 Å². The van der Waals surface area contributed by atoms with E-state index in [9.17, 15) is 18.0 Å². The Bertz CT molecular complexity index is 1100. The topological polar surface area (TPSA) is 93.4 Å². The van der Waals surface area contributed by atoms with Crippen LogP contribution in [0, 0.1) is 5.92 Å². The summed E-state index contributed by atoms with van der Waals surface area (Å²) in [5, 5.41) is 0.751. The fourth-order valence-corrected chi connectivity index (χ4v) is 4.95. The largest absolute Gasteiger partial charge is 0.330 e. The molecule has 0 radical (unpaired) electrons. The summed E-state index contributed by atoms with van der Waals surface area (Å²) < 4.78 is 29.6. The average molecular weight is 441 g/mol. The Kier molecular flexibility index (Phi) is 6.62. The summed E-state index contributed by atoms with van der Waals surface area (Å²) in [5.74, 6) is 0.184. The van der Waals surface area contributed by atoms with Crippen molar-refractivity contribution in [3.8, 4) is 0 Å². The number of sulfonamides is 1. The highest BCUT2D eigenvalue weighted by Gasteiger charge is 2.25. The van der Waals surface area contributed by atoms with Crippen molar-refractivity contribution in [1.82, 2.24) is 18.8 Å². The molecule has 0 amide bonds. The van der Waals surface area contributed by atoms with E-state index in [4.69, 9.17) is 11.6 Å². The van der Waals surface area contributed by atoms with Gasteiger partial charge < -0.3 is 4.57 Å². The molecule has 1 saturated heterocycles. The quantitative estimate of drug-likeness (QED) is 0.721. The Morgan fingerprint density at radius 2 is 1.79 bits per heavy atom. The van der Waals surface area contributed by atoms with Crippen molar-refractivity contribution in [2.24, 2.45) is 20.0 Å². The molecule has 29 heavy (non-hydrogen) atoms. The zero-order valence-corrected chi connectivity index (χ0v) is 18.0. The van der Waals surface area contributed by atoms with E-state index in [1.165, 1.54) is 14.1 Å². The van der Waals surface area contributed by atoms with E-state index in [-0.39, 0.29) is 12.5 Å². The molecule has 2 heterocycles. The molecule has 3 rings (SSSR count). The lowest BCUT2D eigenvalue weighted by Crippen LogP contribution is -2.43. The van der Waals surface area contributed by atoms with Gasteiger partial charge in [-0.15, -0.1) is 0 Å². The molecule has 2 aromatic rings. The van der Waals surface area contributed by atoms with Gasteiger partial charge in [-0.3, -0.25) is 14.3 Å². The maximum Gasteiger partial charge on any atom is 0.330 e. The Morgan fingerprint density at radius 1 is 1.14 bits per heavy atom. The maximum atomic E-state index is 12.6. The van der Waals surface area contributed by atoms with Crippen LogP contribution >= 0.6 is 11.6 Å². The third-order valence-corrected chi connectivity index (χ3v) is 7.10. The van der Waals surface area contributed by atoms with Crippen LogP contribution in [-0.4, -0.2) is 42.1 Å². The van der Waals surface area contributed by atoms with Gasteiger partial charge in [0, 0.05) is 38.4 Å². The summed E-state index contributed by atoms with van der Waals surface area (Å²) >= 11 is 6.22. The summed E-state index contributed by atoms with van der Waals surface area (Å²) in [7, 11) is -1.32. The number of benzene rings is 1. The molecule has 1 aromatic heterocycles. The molecule has 10 heteroatoms. The second kappa shape index (κ2) is 8.83. The van der Waals surface area contributed by atoms with Gasteiger partial charge >= 0.3 is 5.69 Å². The molecular weight excluding hydrogens is 416 g/mol. The predicted octanol–water partition coefficient (Wildman–Crippen LogP) is 0.928. The number of aryl methyl sites for hydroxylation is 1. The van der Waals surface area contributed by atoms with Crippen LogP contribution in [0.25, 0.3) is 0 Å². The smallest absolute Gasteiger partial charge is 0.302 e. The minimum absolute atomic E-state index is 0.184. The number of rotatable bonds is 6. The number of aromatic nitrogens is 2. The zero-order valence-electron chi connectivity index (χ0n) is 16.5. The number of nitrogens with zero attached hydrogens (tertiary/aromatic N) is 3. The highest BCUT2D eigenvalue weighted by molar-refractivity contribution is 7.89. The lowest BCUT2D eigenvalue weighted by molar-refractivity contribution is 0.178. The van der Waals surface area contributed by atoms with Crippen LogP contribution < -0.4 is 16.0 Å². The molecule has 1 aliphatic heterocycles. The van der Waals surface area contributed by atoms with Crippen LogP contribution in [0.3, 0.4) is 0 Å². The van der Waals surface area contributed by atoms with Gasteiger partial charge in [0.1, 0.15) is 0 Å². The SMILES string of the molecule is Cn1cc(S(=O)(=O)NCC2CCN(Cc3ccccc3Cl)CC2)c(=O)n(C)c1=O. The van der Waals surface area contributed by atoms with Crippen molar-refractivity contribution < 1.29 is 8.42 Å². The van der Waals surface area contributed by atoms with E-state index < -0.39 is 26.2 Å². The van der Waals surface area contributed by atoms with Crippen LogP contribution in [0.15, 0.2) is 44.9 Å². The molecule has 158 valence electrons. The van der Waals surface area contributed by atoms with E-state index in [0.717, 1.165) is 58.4 Å². The first-order valence-corrected chi connectivity index (χ1v) is 11.3. The van der Waals surface area contributed by atoms with Crippen LogP contribution in [0.4, 0.5) is 0 Å². The molecule has 1 fully saturated rings. The Morgan fingerprint density at radius 3 is 2.45 bits per heavy atom. The van der Waals surface area contributed by atoms with Gasteiger partial charge in [0.25, 0.3) is 5.56 Å². The van der Waals surface area contributed by atoms with E-state index in [2.05, 4.69) is 9.62 Å². The van der Waals surface area contributed by atoms with Gasteiger partial charge in [0.05, 0.1) is 0 Å². The lowest BCUT2D eigenvalue weighted by atomic mass is 9.97. The maximum absolute atomic E-state index is 12.6. The minimum atomic E-state index is -3.99. The summed E-state index contributed by atoms with van der Waals surface area (Å²) in [6, 6.07) is 7.76. The number of nitrogens with one attached hydrogen (secondary N) is 1. The number of piperidine rings is 1. The Balaban J connectivity index is 1.58. The number of hydrogen-bond acceptors (Lipinski definition) is 5. The fraction of sp³-hybridized carbons (Fsp3) is 0.474. The van der Waals surface area contributed by atoms with E-state index in [1.807, 2.05) is 24.3 Å². The molecule has 1 N–H and O–H groups in total. The Hall–Kier alpha value is -1.94. The lowest BCUT2D eigenvalue weighted by Gasteiger charge is -2.32. The van der Waals surface area contributed by atoms with Crippen molar-refractivity contribution in [2.75, 3.05) is 19.6 Å². The summed E-state index contributed by atoms with van der Waals surface area (Å²) in [5.41, 5.74) is -0.311. The minimum Gasteiger partial charge on any atom is -0.302 e. The van der Waals surface area contributed by atoms with Gasteiger partial charge in [0.15, 0.2) is 4.90 Å². The van der Waals surface area contributed by atoms with E-state index >= 15 is 0 Å². The zero-order chi connectivity index (χ0) is 21.2. The molecule has 0 atom stereocenters. The molecule has 1 aromatic carbocycles. The van der Waals surface area contributed by atoms with Crippen LogP contribution in [0.5, 0.6) is 0 Å². The van der Waals surface area contributed by atoms with Crippen molar-refractivity contribution in [3.63, 3.8) is 0 Å². The van der Waals surface area contributed by atoms with Crippen LogP contribution in [0.1, 0.15) is 18.4 Å². The first-order chi connectivity index (χ1) is 13.7. The molecule has 0 aliphatic carbocycles. The molecule has 0 unspecified atom stereocenters. The van der Waals surface area contributed by atoms with Gasteiger partial charge in [-0.2, -0.15) is 0 Å². The van der Waals surface area contributed by atoms with Crippen molar-refractivity contribution in [1.29, 1.82) is 0 Å². The predicted molar refractivity (Wildman–Crippen MR) is 112 cm³/mol. The Labute approximate surface area is 174 Å². The second-order valence-corrected chi connectivity index (χ2v) is 9.56. The van der Waals surface area contributed by atoms with E-state index in [0.29, 0.717) is 0 Å². The van der Waals surface area contributed by atoms with Gasteiger partial charge in [0.2, 0.25) is 10.0 Å². The van der Waals surface area contributed by atoms with Crippen molar-refractivity contribution >= 4 is 21.6 Å². The molecular formula is C19H25ClN4O4S. The highest BCUT2D eigenvalue weighted by Crippen LogP contribution is 2.22. The summed E-state index contributed by atoms with van der Waals surface area (Å²) in [6.45, 7) is 2.72. The van der Waals surface area contributed by atoms with E-state index in [1.54, 1.807) is 0 Å². The average Bonchev–Trinajstić information content (AvgIpc) is 2.70. The van der Waals surface area contributed by atoms with Crippen LogP contribution in [0.2, 0.25) is 5.02 Å². The third-order valence-electron chi connectivity index (χ3n) is 5.33. The van der Waals surface area contributed by atoms with Crippen molar-refractivity contribution in [3.05, 3.63) is 61.9 Å². The highest BCUT2D eigenvalue weighted by atomic mass is 35.5. The number of halogens is 1. The molecule has 0 bridgehead atoms. The number of hydrogen-bond donors (Lipinski definition) is 1. The van der Waals surface area contributed by atoms with Gasteiger partial charge in [-0.25, -0.2) is 17.9 Å². The summed E-state index contributed by atoms with van der Waals surface area (Å²) in [6.07, 6.45) is 2.76. The number of likely N-dealkylation sites (tertiary alicyclic amines) is 1. The normalized spacial score (nSPS) is 16.2. The molecule has 1 aliphatic rings. The molecule has 0 saturated carbocycles. The monoisotopic (exact) mass is 440 g/mol. The fourth-order valence-electron chi connectivity index (χ4n) is 3.48. The van der Waals surface area contributed by atoms with Crippen molar-refractivity contribution in [2.45, 2.75) is 24.3 Å². The first kappa shape index (κ1) is 21.8. The van der Waals surface area contributed by atoms with Gasteiger partial charge in [-0.1, -0.05) is 29.8 Å². The first-order valence-electron chi connectivity index (χ1n) is 9.41.